The Balaban J connectivity index is 1.52. The number of hydrogen-bond acceptors (Lipinski definition) is 10. The molecule has 0 aromatic carbocycles. The number of aliphatic hydroxyl groups is 7. The Morgan fingerprint density at radius 1 is 0.710 bits per heavy atom. The van der Waals surface area contributed by atoms with Gasteiger partial charge in [-0.25, -0.2) is 0 Å². The average Bonchev–Trinajstić information content (AvgIpc) is 2.77. The van der Waals surface area contributed by atoms with Crippen molar-refractivity contribution in [3.8, 4) is 0 Å². The van der Waals surface area contributed by atoms with E-state index in [9.17, 15) is 35.7 Å². The van der Waals surface area contributed by atoms with Gasteiger partial charge in [0.1, 0.15) is 30.5 Å². The van der Waals surface area contributed by atoms with Crippen LogP contribution in [-0.2, 0) is 14.2 Å². The molecule has 0 bridgehead atoms. The van der Waals surface area contributed by atoms with Crippen molar-refractivity contribution in [3.05, 3.63) is 0 Å². The van der Waals surface area contributed by atoms with Gasteiger partial charge in [0.25, 0.3) is 0 Å². The Kier molecular flexibility index (Phi) is 7.54. The lowest BCUT2D eigenvalue weighted by molar-refractivity contribution is -0.331. The number of aliphatic hydroxyl groups excluding tert-OH is 7. The lowest BCUT2D eigenvalue weighted by atomic mass is 9.73. The van der Waals surface area contributed by atoms with Gasteiger partial charge in [0.2, 0.25) is 0 Å². The quantitative estimate of drug-likeness (QED) is 0.256. The number of fused-ring (bicyclic) bond motifs is 1. The van der Waals surface area contributed by atoms with E-state index in [0.29, 0.717) is 6.42 Å². The normalized spacial score (nSPS) is 53.7. The highest BCUT2D eigenvalue weighted by Crippen LogP contribution is 2.43. The van der Waals surface area contributed by atoms with Crippen LogP contribution in [0.2, 0.25) is 0 Å². The Morgan fingerprint density at radius 2 is 1.39 bits per heavy atom. The summed E-state index contributed by atoms with van der Waals surface area (Å²) in [4.78, 5) is 0. The van der Waals surface area contributed by atoms with E-state index in [1.165, 1.54) is 0 Å². The second-order valence-corrected chi connectivity index (χ2v) is 9.65. The van der Waals surface area contributed by atoms with Crippen LogP contribution >= 0.6 is 0 Å². The van der Waals surface area contributed by atoms with Crippen molar-refractivity contribution in [2.75, 3.05) is 6.61 Å². The molecule has 180 valence electrons. The van der Waals surface area contributed by atoms with Crippen LogP contribution < -0.4 is 0 Å². The first-order valence-electron chi connectivity index (χ1n) is 11.5. The zero-order valence-electron chi connectivity index (χ0n) is 17.5. The van der Waals surface area contributed by atoms with Gasteiger partial charge in [-0.15, -0.1) is 0 Å². The summed E-state index contributed by atoms with van der Waals surface area (Å²) in [7, 11) is 0. The van der Waals surface area contributed by atoms with Crippen molar-refractivity contribution < 1.29 is 50.0 Å². The van der Waals surface area contributed by atoms with Crippen LogP contribution in [0.1, 0.15) is 44.9 Å². The molecule has 31 heavy (non-hydrogen) atoms. The van der Waals surface area contributed by atoms with E-state index in [2.05, 4.69) is 0 Å². The van der Waals surface area contributed by atoms with Crippen molar-refractivity contribution >= 4 is 0 Å². The summed E-state index contributed by atoms with van der Waals surface area (Å²) in [5.74, 6) is -0.00456. The third kappa shape index (κ3) is 4.79. The Morgan fingerprint density at radius 3 is 2.06 bits per heavy atom. The van der Waals surface area contributed by atoms with Crippen molar-refractivity contribution in [2.24, 2.45) is 11.8 Å². The molecule has 2 saturated heterocycles. The minimum absolute atomic E-state index is 0.0505. The van der Waals surface area contributed by atoms with Crippen molar-refractivity contribution in [2.45, 2.75) is 112 Å². The summed E-state index contributed by atoms with van der Waals surface area (Å²) in [5, 5.41) is 70.3. The molecule has 2 saturated carbocycles. The molecule has 0 spiro atoms. The summed E-state index contributed by atoms with van der Waals surface area (Å²) in [6.45, 7) is -0.543. The molecular weight excluding hydrogens is 412 g/mol. The minimum atomic E-state index is -1.53. The molecule has 0 amide bonds. The smallest absolute Gasteiger partial charge is 0.187 e. The zero-order valence-corrected chi connectivity index (χ0v) is 17.5. The average molecular weight is 449 g/mol. The van der Waals surface area contributed by atoms with E-state index in [1.807, 2.05) is 0 Å². The highest BCUT2D eigenvalue weighted by Gasteiger charge is 2.50. The van der Waals surface area contributed by atoms with Crippen LogP contribution in [-0.4, -0.2) is 110 Å². The Bertz CT molecular complexity index is 579. The molecule has 4 aliphatic rings. The fraction of sp³-hybridized carbons (Fsp3) is 1.00. The molecular formula is C21H36O10. The van der Waals surface area contributed by atoms with Crippen molar-refractivity contribution in [1.29, 1.82) is 0 Å². The fourth-order valence-electron chi connectivity index (χ4n) is 5.76. The van der Waals surface area contributed by atoms with Crippen LogP contribution in [0.25, 0.3) is 0 Å². The van der Waals surface area contributed by atoms with Crippen molar-refractivity contribution in [1.82, 2.24) is 0 Å². The van der Waals surface area contributed by atoms with E-state index in [1.54, 1.807) is 0 Å². The van der Waals surface area contributed by atoms with Gasteiger partial charge in [0.15, 0.2) is 6.29 Å². The van der Waals surface area contributed by atoms with Crippen molar-refractivity contribution in [3.63, 3.8) is 0 Å². The molecule has 2 aliphatic carbocycles. The van der Waals surface area contributed by atoms with Gasteiger partial charge in [-0.1, -0.05) is 12.8 Å². The molecule has 0 aromatic heterocycles. The van der Waals surface area contributed by atoms with E-state index in [0.717, 1.165) is 25.7 Å². The molecule has 2 heterocycles. The van der Waals surface area contributed by atoms with Gasteiger partial charge < -0.3 is 50.0 Å². The molecule has 11 atom stereocenters. The third-order valence-electron chi connectivity index (χ3n) is 7.57. The summed E-state index contributed by atoms with van der Waals surface area (Å²) in [5.41, 5.74) is 0. The van der Waals surface area contributed by atoms with E-state index in [4.69, 9.17) is 14.2 Å². The first-order chi connectivity index (χ1) is 14.8. The van der Waals surface area contributed by atoms with Gasteiger partial charge in [-0.05, 0) is 43.9 Å². The second-order valence-electron chi connectivity index (χ2n) is 9.65. The topological polar surface area (TPSA) is 169 Å². The summed E-state index contributed by atoms with van der Waals surface area (Å²) >= 11 is 0. The molecule has 4 fully saturated rings. The highest BCUT2D eigenvalue weighted by molar-refractivity contribution is 4.97. The maximum absolute atomic E-state index is 10.4. The van der Waals surface area contributed by atoms with Crippen LogP contribution in [0.15, 0.2) is 0 Å². The second kappa shape index (κ2) is 9.84. The first kappa shape index (κ1) is 23.7. The summed E-state index contributed by atoms with van der Waals surface area (Å²) in [6.07, 6.45) is -5.98. The number of rotatable bonds is 4. The largest absolute Gasteiger partial charge is 0.394 e. The molecule has 4 rings (SSSR count). The molecule has 0 aromatic rings. The van der Waals surface area contributed by atoms with Crippen LogP contribution in [0, 0.1) is 11.8 Å². The predicted octanol–water partition coefficient (Wildman–Crippen LogP) is -1.99. The van der Waals surface area contributed by atoms with Crippen LogP contribution in [0.3, 0.4) is 0 Å². The van der Waals surface area contributed by atoms with Gasteiger partial charge in [0.05, 0.1) is 37.1 Å². The third-order valence-corrected chi connectivity index (χ3v) is 7.57. The lowest BCUT2D eigenvalue weighted by Gasteiger charge is -2.50. The maximum atomic E-state index is 10.4. The Hall–Kier alpha value is -0.400. The van der Waals surface area contributed by atoms with Crippen LogP contribution in [0.4, 0.5) is 0 Å². The standard InChI is InChI=1S/C21H36O10/c22-8-15-17(26)18(27)19(28)21(31-15)30-14-7-9-3-1-2-4-13(9)29-20(14)10-5-11(23)16(25)12(24)6-10/h9-28H,1-8H2/t9?,10?,11?,12?,13?,14?,15-,16?,17-,18+,19-,20?,21-/m1/s1. The summed E-state index contributed by atoms with van der Waals surface area (Å²) < 4.78 is 18.1. The fourth-order valence-corrected chi connectivity index (χ4v) is 5.76. The lowest BCUT2D eigenvalue weighted by Crippen LogP contribution is -2.61. The molecule has 7 N–H and O–H groups in total. The van der Waals surface area contributed by atoms with E-state index < -0.39 is 67.8 Å². The van der Waals surface area contributed by atoms with Gasteiger partial charge in [0, 0.05) is 0 Å². The predicted molar refractivity (Wildman–Crippen MR) is 105 cm³/mol. The molecule has 6 unspecified atom stereocenters. The number of hydrogen-bond donors (Lipinski definition) is 7. The number of ether oxygens (including phenoxy) is 3. The van der Waals surface area contributed by atoms with E-state index >= 15 is 0 Å². The van der Waals surface area contributed by atoms with Gasteiger partial charge >= 0.3 is 0 Å². The van der Waals surface area contributed by atoms with E-state index in [-0.39, 0.29) is 30.8 Å². The SMILES string of the molecule is OC[C@H]1O[C@@H](OC2CC3CCCCC3OC2C2CC(O)C(O)C(O)C2)[C@H](O)[C@@H](O)[C@@H]1O. The highest BCUT2D eigenvalue weighted by atomic mass is 16.7. The molecule has 0 radical (unpaired) electrons. The molecule has 10 nitrogen and oxygen atoms in total. The van der Waals surface area contributed by atoms with Gasteiger partial charge in [-0.3, -0.25) is 0 Å². The van der Waals surface area contributed by atoms with Crippen LogP contribution in [0.5, 0.6) is 0 Å². The van der Waals surface area contributed by atoms with Gasteiger partial charge in [-0.2, -0.15) is 0 Å². The maximum Gasteiger partial charge on any atom is 0.187 e. The monoisotopic (exact) mass is 448 g/mol. The summed E-state index contributed by atoms with van der Waals surface area (Å²) in [6, 6.07) is 0. The first-order valence-corrected chi connectivity index (χ1v) is 11.5. The zero-order chi connectivity index (χ0) is 22.3. The molecule has 10 heteroatoms. The molecule has 2 aliphatic heterocycles. The Labute approximate surface area is 181 Å². The minimum Gasteiger partial charge on any atom is -0.394 e.